The third-order valence-electron chi connectivity index (χ3n) is 4.93. The molecule has 0 spiro atoms. The third-order valence-corrected chi connectivity index (χ3v) is 4.93. The quantitative estimate of drug-likeness (QED) is 0.793. The summed E-state index contributed by atoms with van der Waals surface area (Å²) >= 11 is 0. The van der Waals surface area contributed by atoms with Gasteiger partial charge in [0.25, 0.3) is 0 Å². The molecule has 0 aliphatic carbocycles. The summed E-state index contributed by atoms with van der Waals surface area (Å²) < 4.78 is 19.0. The molecule has 0 amide bonds. The molecule has 0 saturated carbocycles. The van der Waals surface area contributed by atoms with Crippen molar-refractivity contribution in [2.75, 3.05) is 19.7 Å². The average Bonchev–Trinajstić information content (AvgIpc) is 3.25. The highest BCUT2D eigenvalue weighted by molar-refractivity contribution is 5.54. The van der Waals surface area contributed by atoms with Crippen molar-refractivity contribution in [2.24, 2.45) is 0 Å². The summed E-state index contributed by atoms with van der Waals surface area (Å²) in [6, 6.07) is 5.57. The van der Waals surface area contributed by atoms with Gasteiger partial charge in [0.2, 0.25) is 11.7 Å². The zero-order valence-electron chi connectivity index (χ0n) is 14.7. The van der Waals surface area contributed by atoms with E-state index in [1.807, 2.05) is 6.07 Å². The lowest BCUT2D eigenvalue weighted by Crippen LogP contribution is -2.30. The van der Waals surface area contributed by atoms with Crippen molar-refractivity contribution < 1.29 is 14.0 Å². The summed E-state index contributed by atoms with van der Waals surface area (Å²) in [6.45, 7) is 4.14. The standard InChI is InChI=1S/C19H26FN3O2/c1-14-8-9-15(13-17(14)20)19-21-18(25-22-19)7-3-11-23-10-2-5-16(23)6-4-12-24/h8-9,13,16,24H,2-7,10-12H2,1H3/t16-/m0/s1. The Balaban J connectivity index is 1.51. The molecule has 1 N–H and O–H groups in total. The monoisotopic (exact) mass is 347 g/mol. The second-order valence-corrected chi connectivity index (χ2v) is 6.78. The molecule has 0 radical (unpaired) electrons. The summed E-state index contributed by atoms with van der Waals surface area (Å²) in [5.74, 6) is 0.782. The Morgan fingerprint density at radius 3 is 3.04 bits per heavy atom. The van der Waals surface area contributed by atoms with Crippen molar-refractivity contribution in [2.45, 2.75) is 51.5 Å². The third kappa shape index (κ3) is 4.64. The van der Waals surface area contributed by atoms with Crippen LogP contribution in [-0.2, 0) is 6.42 Å². The fraction of sp³-hybridized carbons (Fsp3) is 0.579. The van der Waals surface area contributed by atoms with E-state index in [-0.39, 0.29) is 12.4 Å². The summed E-state index contributed by atoms with van der Waals surface area (Å²) in [6.07, 6.45) is 6.09. The van der Waals surface area contributed by atoms with E-state index < -0.39 is 0 Å². The lowest BCUT2D eigenvalue weighted by atomic mass is 10.1. The molecule has 3 rings (SSSR count). The topological polar surface area (TPSA) is 62.4 Å². The van der Waals surface area contributed by atoms with Gasteiger partial charge < -0.3 is 14.5 Å². The van der Waals surface area contributed by atoms with Crippen LogP contribution in [0.1, 0.15) is 43.6 Å². The van der Waals surface area contributed by atoms with Crippen LogP contribution in [0.25, 0.3) is 11.4 Å². The highest BCUT2D eigenvalue weighted by Gasteiger charge is 2.23. The van der Waals surface area contributed by atoms with Crippen LogP contribution in [0.4, 0.5) is 4.39 Å². The Morgan fingerprint density at radius 1 is 1.36 bits per heavy atom. The number of halogens is 1. The lowest BCUT2D eigenvalue weighted by Gasteiger charge is -2.23. The summed E-state index contributed by atoms with van der Waals surface area (Å²) in [5, 5.41) is 13.0. The number of hydrogen-bond acceptors (Lipinski definition) is 5. The van der Waals surface area contributed by atoms with Gasteiger partial charge in [0, 0.05) is 24.6 Å². The molecule has 1 aliphatic heterocycles. The van der Waals surface area contributed by atoms with Gasteiger partial charge in [0.15, 0.2) is 0 Å². The van der Waals surface area contributed by atoms with Gasteiger partial charge in [0.05, 0.1) is 0 Å². The number of benzene rings is 1. The smallest absolute Gasteiger partial charge is 0.227 e. The van der Waals surface area contributed by atoms with E-state index in [1.54, 1.807) is 13.0 Å². The Kier molecular flexibility index (Phi) is 6.15. The van der Waals surface area contributed by atoms with Gasteiger partial charge in [-0.15, -0.1) is 0 Å². The molecule has 1 fully saturated rings. The highest BCUT2D eigenvalue weighted by Crippen LogP contribution is 2.22. The van der Waals surface area contributed by atoms with E-state index in [2.05, 4.69) is 15.0 Å². The summed E-state index contributed by atoms with van der Waals surface area (Å²) in [4.78, 5) is 6.89. The van der Waals surface area contributed by atoms with Gasteiger partial charge in [-0.25, -0.2) is 4.39 Å². The minimum absolute atomic E-state index is 0.258. The summed E-state index contributed by atoms with van der Waals surface area (Å²) in [7, 11) is 0. The minimum atomic E-state index is -0.258. The van der Waals surface area contributed by atoms with Gasteiger partial charge in [-0.05, 0) is 63.7 Å². The predicted molar refractivity (Wildman–Crippen MR) is 93.7 cm³/mol. The molecule has 1 aromatic carbocycles. The molecule has 2 heterocycles. The molecule has 5 nitrogen and oxygen atoms in total. The van der Waals surface area contributed by atoms with Crippen molar-refractivity contribution >= 4 is 0 Å². The molecule has 2 aromatic rings. The van der Waals surface area contributed by atoms with E-state index >= 15 is 0 Å². The number of aliphatic hydroxyl groups excluding tert-OH is 1. The van der Waals surface area contributed by atoms with Crippen molar-refractivity contribution in [1.82, 2.24) is 15.0 Å². The number of hydrogen-bond donors (Lipinski definition) is 1. The van der Waals surface area contributed by atoms with Crippen LogP contribution in [0, 0.1) is 12.7 Å². The van der Waals surface area contributed by atoms with E-state index in [9.17, 15) is 4.39 Å². The second-order valence-electron chi connectivity index (χ2n) is 6.78. The van der Waals surface area contributed by atoms with Crippen LogP contribution < -0.4 is 0 Å². The molecule has 0 unspecified atom stereocenters. The molecule has 1 saturated heterocycles. The second kappa shape index (κ2) is 8.54. The van der Waals surface area contributed by atoms with Gasteiger partial charge in [-0.3, -0.25) is 0 Å². The molecule has 6 heteroatoms. The normalized spacial score (nSPS) is 18.1. The van der Waals surface area contributed by atoms with Crippen LogP contribution >= 0.6 is 0 Å². The van der Waals surface area contributed by atoms with Gasteiger partial charge in [-0.2, -0.15) is 4.98 Å². The van der Waals surface area contributed by atoms with Crippen LogP contribution in [-0.4, -0.2) is 45.9 Å². The van der Waals surface area contributed by atoms with E-state index in [1.165, 1.54) is 18.9 Å². The minimum Gasteiger partial charge on any atom is -0.396 e. The molecule has 25 heavy (non-hydrogen) atoms. The number of aryl methyl sites for hydroxylation is 2. The van der Waals surface area contributed by atoms with Crippen molar-refractivity contribution in [3.8, 4) is 11.4 Å². The zero-order chi connectivity index (χ0) is 17.6. The first-order valence-corrected chi connectivity index (χ1v) is 9.11. The number of aliphatic hydroxyl groups is 1. The van der Waals surface area contributed by atoms with E-state index in [0.717, 1.165) is 38.8 Å². The molecular formula is C19H26FN3O2. The number of likely N-dealkylation sites (tertiary alicyclic amines) is 1. The summed E-state index contributed by atoms with van der Waals surface area (Å²) in [5.41, 5.74) is 1.25. The number of nitrogens with zero attached hydrogens (tertiary/aromatic N) is 3. The first-order chi connectivity index (χ1) is 12.2. The van der Waals surface area contributed by atoms with Gasteiger partial charge in [-0.1, -0.05) is 17.3 Å². The first kappa shape index (κ1) is 18.0. The van der Waals surface area contributed by atoms with Crippen LogP contribution in [0.5, 0.6) is 0 Å². The largest absolute Gasteiger partial charge is 0.396 e. The number of rotatable bonds is 8. The van der Waals surface area contributed by atoms with Crippen LogP contribution in [0.15, 0.2) is 22.7 Å². The van der Waals surface area contributed by atoms with Crippen LogP contribution in [0.2, 0.25) is 0 Å². The molecule has 0 bridgehead atoms. The maximum absolute atomic E-state index is 13.7. The maximum Gasteiger partial charge on any atom is 0.227 e. The van der Waals surface area contributed by atoms with Crippen LogP contribution in [0.3, 0.4) is 0 Å². The van der Waals surface area contributed by atoms with Crippen molar-refractivity contribution in [3.63, 3.8) is 0 Å². The maximum atomic E-state index is 13.7. The Morgan fingerprint density at radius 2 is 2.24 bits per heavy atom. The first-order valence-electron chi connectivity index (χ1n) is 9.11. The molecule has 1 aromatic heterocycles. The lowest BCUT2D eigenvalue weighted by molar-refractivity contribution is 0.212. The SMILES string of the molecule is Cc1ccc(-c2noc(CCCN3CCC[C@H]3CCCO)n2)cc1F. The Labute approximate surface area is 147 Å². The average molecular weight is 347 g/mol. The zero-order valence-corrected chi connectivity index (χ0v) is 14.7. The Hall–Kier alpha value is -1.79. The molecule has 1 atom stereocenters. The fourth-order valence-corrected chi connectivity index (χ4v) is 3.48. The molecule has 1 aliphatic rings. The van der Waals surface area contributed by atoms with E-state index in [0.29, 0.717) is 28.9 Å². The number of aromatic nitrogens is 2. The molecule has 136 valence electrons. The van der Waals surface area contributed by atoms with E-state index in [4.69, 9.17) is 9.63 Å². The Bertz CT molecular complexity index is 689. The van der Waals surface area contributed by atoms with Gasteiger partial charge >= 0.3 is 0 Å². The predicted octanol–water partition coefficient (Wildman–Crippen LogP) is 3.35. The van der Waals surface area contributed by atoms with Crippen molar-refractivity contribution in [1.29, 1.82) is 0 Å². The fourth-order valence-electron chi connectivity index (χ4n) is 3.48. The highest BCUT2D eigenvalue weighted by atomic mass is 19.1. The van der Waals surface area contributed by atoms with Crippen molar-refractivity contribution in [3.05, 3.63) is 35.5 Å². The van der Waals surface area contributed by atoms with Gasteiger partial charge in [0.1, 0.15) is 5.82 Å². The molecular weight excluding hydrogens is 321 g/mol.